The van der Waals surface area contributed by atoms with Gasteiger partial charge in [-0.2, -0.15) is 13.2 Å². The largest absolute Gasteiger partial charge is 0.484 e. The van der Waals surface area contributed by atoms with Crippen molar-refractivity contribution in [3.63, 3.8) is 0 Å². The molecule has 2 nitrogen and oxygen atoms in total. The van der Waals surface area contributed by atoms with E-state index in [4.69, 9.17) is 10.5 Å². The summed E-state index contributed by atoms with van der Waals surface area (Å²) in [6.07, 6.45) is -4.32. The zero-order valence-electron chi connectivity index (χ0n) is 9.14. The van der Waals surface area contributed by atoms with E-state index in [9.17, 15) is 13.2 Å². The van der Waals surface area contributed by atoms with Crippen molar-refractivity contribution < 1.29 is 17.9 Å². The van der Waals surface area contributed by atoms with E-state index >= 15 is 0 Å². The van der Waals surface area contributed by atoms with Crippen LogP contribution in [-0.4, -0.2) is 12.8 Å². The van der Waals surface area contributed by atoms with Crippen LogP contribution in [0.4, 0.5) is 13.2 Å². The number of nitrogens with two attached hydrogens (primary N) is 1. The SMILES string of the molecule is Cc1c(OCC(F)(F)F)cccc1C(C)N. The van der Waals surface area contributed by atoms with Crippen molar-refractivity contribution in [2.45, 2.75) is 26.1 Å². The van der Waals surface area contributed by atoms with Gasteiger partial charge < -0.3 is 10.5 Å². The monoisotopic (exact) mass is 233 g/mol. The Morgan fingerprint density at radius 3 is 2.50 bits per heavy atom. The third kappa shape index (κ3) is 3.41. The molecule has 0 aromatic heterocycles. The third-order valence-corrected chi connectivity index (χ3v) is 2.21. The van der Waals surface area contributed by atoms with Gasteiger partial charge in [0.1, 0.15) is 5.75 Å². The molecular formula is C11H14F3NO. The van der Waals surface area contributed by atoms with Gasteiger partial charge >= 0.3 is 6.18 Å². The molecular weight excluding hydrogens is 219 g/mol. The summed E-state index contributed by atoms with van der Waals surface area (Å²) in [7, 11) is 0. The normalized spacial score (nSPS) is 13.6. The fourth-order valence-corrected chi connectivity index (χ4v) is 1.44. The van der Waals surface area contributed by atoms with Gasteiger partial charge in [-0.15, -0.1) is 0 Å². The van der Waals surface area contributed by atoms with Gasteiger partial charge in [0.25, 0.3) is 0 Å². The lowest BCUT2D eigenvalue weighted by Gasteiger charge is -2.15. The number of halogens is 3. The molecule has 0 aliphatic heterocycles. The summed E-state index contributed by atoms with van der Waals surface area (Å²) < 4.78 is 40.7. The van der Waals surface area contributed by atoms with Crippen molar-refractivity contribution in [2.24, 2.45) is 5.73 Å². The van der Waals surface area contributed by atoms with Crippen LogP contribution in [0.15, 0.2) is 18.2 Å². The Bertz CT molecular complexity index is 361. The Balaban J connectivity index is 2.85. The van der Waals surface area contributed by atoms with Crippen LogP contribution in [0.25, 0.3) is 0 Å². The molecule has 0 radical (unpaired) electrons. The third-order valence-electron chi connectivity index (χ3n) is 2.21. The van der Waals surface area contributed by atoms with Crippen LogP contribution in [0.3, 0.4) is 0 Å². The predicted molar refractivity (Wildman–Crippen MR) is 55.3 cm³/mol. The minimum atomic E-state index is -4.32. The summed E-state index contributed by atoms with van der Waals surface area (Å²) >= 11 is 0. The molecule has 5 heteroatoms. The Morgan fingerprint density at radius 1 is 1.38 bits per heavy atom. The van der Waals surface area contributed by atoms with Gasteiger partial charge in [-0.1, -0.05) is 12.1 Å². The molecule has 1 rings (SSSR count). The van der Waals surface area contributed by atoms with E-state index in [0.29, 0.717) is 5.56 Å². The minimum Gasteiger partial charge on any atom is -0.484 e. The summed E-state index contributed by atoms with van der Waals surface area (Å²) in [5.41, 5.74) is 7.13. The summed E-state index contributed by atoms with van der Waals surface area (Å²) in [4.78, 5) is 0. The summed E-state index contributed by atoms with van der Waals surface area (Å²) in [6.45, 7) is 2.19. The summed E-state index contributed by atoms with van der Waals surface area (Å²) in [5.74, 6) is 0.229. The molecule has 0 bridgehead atoms. The van der Waals surface area contributed by atoms with Crippen molar-refractivity contribution in [2.75, 3.05) is 6.61 Å². The molecule has 1 aromatic carbocycles. The maximum absolute atomic E-state index is 12.0. The van der Waals surface area contributed by atoms with Gasteiger partial charge in [-0.25, -0.2) is 0 Å². The zero-order chi connectivity index (χ0) is 12.3. The van der Waals surface area contributed by atoms with Crippen LogP contribution in [0.5, 0.6) is 5.75 Å². The number of ether oxygens (including phenoxy) is 1. The van der Waals surface area contributed by atoms with Crippen LogP contribution in [0.2, 0.25) is 0 Å². The maximum Gasteiger partial charge on any atom is 0.422 e. The standard InChI is InChI=1S/C11H14F3NO/c1-7-9(8(2)15)4-3-5-10(7)16-6-11(12,13)14/h3-5,8H,6,15H2,1-2H3. The van der Waals surface area contributed by atoms with Gasteiger partial charge in [0.05, 0.1) is 0 Å². The van der Waals surface area contributed by atoms with Crippen LogP contribution >= 0.6 is 0 Å². The van der Waals surface area contributed by atoms with Crippen molar-refractivity contribution >= 4 is 0 Å². The van der Waals surface area contributed by atoms with Gasteiger partial charge in [0.15, 0.2) is 6.61 Å². The molecule has 16 heavy (non-hydrogen) atoms. The molecule has 0 saturated carbocycles. The second kappa shape index (κ2) is 4.74. The first-order chi connectivity index (χ1) is 7.31. The molecule has 1 unspecified atom stereocenters. The summed E-state index contributed by atoms with van der Waals surface area (Å²) in [6, 6.07) is 4.69. The number of hydrogen-bond donors (Lipinski definition) is 1. The molecule has 1 atom stereocenters. The highest BCUT2D eigenvalue weighted by atomic mass is 19.4. The molecule has 0 aliphatic rings. The van der Waals surface area contributed by atoms with Crippen LogP contribution in [0.1, 0.15) is 24.1 Å². The Hall–Kier alpha value is -1.23. The number of benzene rings is 1. The van der Waals surface area contributed by atoms with Crippen molar-refractivity contribution in [3.05, 3.63) is 29.3 Å². The second-order valence-electron chi connectivity index (χ2n) is 3.66. The van der Waals surface area contributed by atoms with Crippen LogP contribution in [-0.2, 0) is 0 Å². The molecule has 1 aromatic rings. The molecule has 90 valence electrons. The molecule has 0 aliphatic carbocycles. The second-order valence-corrected chi connectivity index (χ2v) is 3.66. The summed E-state index contributed by atoms with van der Waals surface area (Å²) in [5, 5.41) is 0. The zero-order valence-corrected chi connectivity index (χ0v) is 9.14. The first kappa shape index (κ1) is 12.8. The lowest BCUT2D eigenvalue weighted by molar-refractivity contribution is -0.153. The topological polar surface area (TPSA) is 35.2 Å². The van der Waals surface area contributed by atoms with E-state index in [2.05, 4.69) is 0 Å². The van der Waals surface area contributed by atoms with Crippen molar-refractivity contribution in [1.29, 1.82) is 0 Å². The van der Waals surface area contributed by atoms with Gasteiger partial charge in [-0.05, 0) is 31.0 Å². The van der Waals surface area contributed by atoms with E-state index in [1.165, 1.54) is 6.07 Å². The Morgan fingerprint density at radius 2 is 2.00 bits per heavy atom. The highest BCUT2D eigenvalue weighted by Gasteiger charge is 2.28. The molecule has 0 spiro atoms. The van der Waals surface area contributed by atoms with E-state index in [1.807, 2.05) is 0 Å². The van der Waals surface area contributed by atoms with Crippen LogP contribution in [0, 0.1) is 6.92 Å². The fourth-order valence-electron chi connectivity index (χ4n) is 1.44. The first-order valence-corrected chi connectivity index (χ1v) is 4.86. The highest BCUT2D eigenvalue weighted by Crippen LogP contribution is 2.26. The number of hydrogen-bond acceptors (Lipinski definition) is 2. The molecule has 2 N–H and O–H groups in total. The lowest BCUT2D eigenvalue weighted by Crippen LogP contribution is -2.20. The molecule has 0 saturated heterocycles. The van der Waals surface area contributed by atoms with Gasteiger partial charge in [0, 0.05) is 6.04 Å². The average Bonchev–Trinajstić information content (AvgIpc) is 2.14. The predicted octanol–water partition coefficient (Wildman–Crippen LogP) is 2.96. The Kier molecular flexibility index (Phi) is 3.80. The quantitative estimate of drug-likeness (QED) is 0.871. The van der Waals surface area contributed by atoms with Gasteiger partial charge in [-0.3, -0.25) is 0 Å². The fraction of sp³-hybridized carbons (Fsp3) is 0.455. The van der Waals surface area contributed by atoms with E-state index in [1.54, 1.807) is 26.0 Å². The van der Waals surface area contributed by atoms with E-state index < -0.39 is 12.8 Å². The van der Waals surface area contributed by atoms with Crippen molar-refractivity contribution in [3.8, 4) is 5.75 Å². The molecule has 0 heterocycles. The Labute approximate surface area is 92.2 Å². The van der Waals surface area contributed by atoms with E-state index in [0.717, 1.165) is 5.56 Å². The average molecular weight is 233 g/mol. The van der Waals surface area contributed by atoms with E-state index in [-0.39, 0.29) is 11.8 Å². The molecule has 0 amide bonds. The highest BCUT2D eigenvalue weighted by molar-refractivity contribution is 5.40. The van der Waals surface area contributed by atoms with Gasteiger partial charge in [0.2, 0.25) is 0 Å². The number of rotatable bonds is 3. The number of alkyl halides is 3. The van der Waals surface area contributed by atoms with Crippen LogP contribution < -0.4 is 10.5 Å². The smallest absolute Gasteiger partial charge is 0.422 e. The van der Waals surface area contributed by atoms with Crippen molar-refractivity contribution in [1.82, 2.24) is 0 Å². The maximum atomic E-state index is 12.0. The molecule has 0 fully saturated rings. The minimum absolute atomic E-state index is 0.227. The lowest BCUT2D eigenvalue weighted by atomic mass is 10.0. The first-order valence-electron chi connectivity index (χ1n) is 4.86.